The van der Waals surface area contributed by atoms with Gasteiger partial charge in [-0.25, -0.2) is 103 Å². The normalized spacial score (nSPS) is 10.3. The second kappa shape index (κ2) is 43.9. The zero-order valence-electron chi connectivity index (χ0n) is 64.8. The maximum Gasteiger partial charge on any atom is 0.387 e. The van der Waals surface area contributed by atoms with E-state index in [1.807, 2.05) is 5.92 Å². The number of methoxy groups -OCH3 is 3. The number of anilines is 6. The molecule has 29 nitrogen and oxygen atoms in total. The fraction of sp³-hybridized carbons (Fsp3) is 0.0610. The van der Waals surface area contributed by atoms with Crippen LogP contribution in [-0.2, 0) is 9.47 Å². The summed E-state index contributed by atoms with van der Waals surface area (Å²) in [6.45, 7) is -1.57. The number of hydrogen-bond donors (Lipinski definition) is 10. The molecule has 0 amide bonds. The molecule has 129 heavy (non-hydrogen) atoms. The van der Waals surface area contributed by atoms with E-state index in [0.29, 0.717) is 37.6 Å². The lowest BCUT2D eigenvalue weighted by atomic mass is 10.0. The number of carbonyl (C=O) groups is 6. The molecule has 12 aromatic rings. The maximum absolute atomic E-state index is 14.2. The van der Waals surface area contributed by atoms with Crippen LogP contribution in [0.2, 0.25) is 30.1 Å². The highest BCUT2D eigenvalue weighted by atomic mass is 127. The Morgan fingerprint density at radius 2 is 0.791 bits per heavy atom. The highest BCUT2D eigenvalue weighted by Gasteiger charge is 2.30. The van der Waals surface area contributed by atoms with Crippen LogP contribution in [0, 0.1) is 110 Å². The highest BCUT2D eigenvalue weighted by molar-refractivity contribution is 14.1. The zero-order valence-corrected chi connectivity index (χ0v) is 71.5. The number of halogens is 18. The molecule has 0 unspecified atom stereocenters. The summed E-state index contributed by atoms with van der Waals surface area (Å²) < 4.78 is 167. The van der Waals surface area contributed by atoms with Crippen molar-refractivity contribution in [2.24, 2.45) is 0 Å². The lowest BCUT2D eigenvalue weighted by Crippen LogP contribution is -2.10. The fourth-order valence-corrected chi connectivity index (χ4v) is 12.0. The van der Waals surface area contributed by atoms with Gasteiger partial charge in [-0.1, -0.05) is 112 Å². The summed E-state index contributed by atoms with van der Waals surface area (Å²) in [6.07, 6.45) is 10.3. The number of aromatic nitrogens is 7. The van der Waals surface area contributed by atoms with E-state index in [9.17, 15) is 77.1 Å². The summed E-state index contributed by atoms with van der Waals surface area (Å²) in [7, 11) is 3.43. The first-order valence-electron chi connectivity index (χ1n) is 34.2. The van der Waals surface area contributed by atoms with Crippen molar-refractivity contribution in [3.63, 3.8) is 0 Å². The number of esters is 2. The van der Waals surface area contributed by atoms with E-state index in [1.165, 1.54) is 44.6 Å². The number of carboxylic acid groups (broad SMARTS) is 4. The number of terminal acetylenes is 2. The van der Waals surface area contributed by atoms with E-state index in [4.69, 9.17) is 153 Å². The molecule has 0 fully saturated rings. The Bertz CT molecular complexity index is 6760. The van der Waals surface area contributed by atoms with Crippen molar-refractivity contribution in [1.82, 2.24) is 34.9 Å². The van der Waals surface area contributed by atoms with E-state index < -0.39 is 173 Å². The van der Waals surface area contributed by atoms with Crippen LogP contribution in [-0.4, -0.2) is 119 Å². The number of hydrogen-bond acceptors (Lipinski definition) is 25. The van der Waals surface area contributed by atoms with Crippen molar-refractivity contribution in [3.8, 4) is 116 Å². The summed E-state index contributed by atoms with van der Waals surface area (Å²) >= 11 is 36.6. The Balaban J connectivity index is 0.000000212. The molecule has 47 heteroatoms. The number of nitriles is 2. The molecule has 662 valence electrons. The number of rotatable bonds is 15. The van der Waals surface area contributed by atoms with Crippen LogP contribution in [0.5, 0.6) is 11.5 Å². The van der Waals surface area contributed by atoms with Gasteiger partial charge in [0.25, 0.3) is 0 Å². The van der Waals surface area contributed by atoms with Crippen LogP contribution in [0.25, 0.3) is 67.7 Å². The minimum atomic E-state index is -3.22. The van der Waals surface area contributed by atoms with E-state index >= 15 is 0 Å². The molecule has 0 saturated heterocycles. The number of carbonyl (C=O) groups excluding carboxylic acids is 2. The van der Waals surface area contributed by atoms with Gasteiger partial charge in [0.05, 0.1) is 114 Å². The molecule has 0 aliphatic heterocycles. The first-order valence-corrected chi connectivity index (χ1v) is 37.5. The minimum absolute atomic E-state index is 0.0118. The monoisotopic (exact) mass is 2010 g/mol. The van der Waals surface area contributed by atoms with Crippen LogP contribution < -0.4 is 43.9 Å². The average Bonchev–Trinajstić information content (AvgIpc) is 0.895. The molecule has 12 rings (SSSR count). The maximum atomic E-state index is 14.2. The van der Waals surface area contributed by atoms with Gasteiger partial charge in [0, 0.05) is 37.0 Å². The van der Waals surface area contributed by atoms with Crippen molar-refractivity contribution >= 4 is 162 Å². The van der Waals surface area contributed by atoms with E-state index in [1.54, 1.807) is 65.9 Å². The first-order chi connectivity index (χ1) is 60.7. The third-order valence-electron chi connectivity index (χ3n) is 16.7. The summed E-state index contributed by atoms with van der Waals surface area (Å²) in [5.41, 5.74) is 29.4. The van der Waals surface area contributed by atoms with Gasteiger partial charge in [-0.3, -0.25) is 0 Å². The molecule has 0 saturated carbocycles. The SMILES string of the molecule is C#Cc1ccc(-c2nc(C(=O)O)c(Cl)c(N)c2Cl)cc1.C#Cc1ccc(-c2nc(N)c(OC)c(C(=O)O)n2)c(F)c1F.COC(=O)c1nc(-c2ccc(C#N)c(F)c2)c(C)c(N)c1Cl.COC(=O)c1nc(-c2ccc(OC(F)F)c(F)c2)c(F)c(N)c1Cl.N#Cc1ccc(-c2nc(C(=O)O)c(Cl)c(N)c2F)cc1F.Nc1c(F)c(-c2ccc(I)c(F)c2)nc(C(=O)O)c1Cl. The Labute approximate surface area is 761 Å². The molecular formula is C82H49Cl6F11IN15O14. The number of benzene rings is 6. The number of ether oxygens (including phenoxy) is 4. The molecule has 0 aliphatic rings. The Morgan fingerprint density at radius 3 is 1.19 bits per heavy atom. The van der Waals surface area contributed by atoms with Gasteiger partial charge in [0.1, 0.15) is 46.7 Å². The number of nitrogens with zero attached hydrogens (tertiary/aromatic N) is 9. The number of nitrogens with two attached hydrogens (primary N) is 6. The Hall–Kier alpha value is -14.8. The average molecular weight is 2020 g/mol. The van der Waals surface area contributed by atoms with E-state index in [-0.39, 0.29) is 99.7 Å². The lowest BCUT2D eigenvalue weighted by Gasteiger charge is -2.13. The number of carboxylic acids is 4. The molecule has 0 radical (unpaired) electrons. The molecule has 6 aromatic carbocycles. The smallest absolute Gasteiger partial charge is 0.387 e. The fourth-order valence-electron chi connectivity index (χ4n) is 10.3. The largest absolute Gasteiger partial charge is 0.491 e. The number of alkyl halides is 2. The zero-order chi connectivity index (χ0) is 96.5. The first kappa shape index (κ1) is 101. The van der Waals surface area contributed by atoms with Crippen LogP contribution in [0.15, 0.2) is 109 Å². The third kappa shape index (κ3) is 23.1. The van der Waals surface area contributed by atoms with Gasteiger partial charge < -0.3 is 73.8 Å². The molecule has 0 spiro atoms. The second-order valence-electron chi connectivity index (χ2n) is 24.5. The van der Waals surface area contributed by atoms with E-state index in [0.717, 1.165) is 55.6 Å². The van der Waals surface area contributed by atoms with Crippen LogP contribution in [0.3, 0.4) is 0 Å². The lowest BCUT2D eigenvalue weighted by molar-refractivity contribution is -0.0522. The van der Waals surface area contributed by atoms with Crippen molar-refractivity contribution in [3.05, 3.63) is 257 Å². The Morgan fingerprint density at radius 1 is 0.419 bits per heavy atom. The van der Waals surface area contributed by atoms with Gasteiger partial charge in [0.2, 0.25) is 0 Å². The molecule has 0 aliphatic carbocycles. The van der Waals surface area contributed by atoms with Gasteiger partial charge in [-0.15, -0.1) is 12.8 Å². The van der Waals surface area contributed by atoms with Gasteiger partial charge >= 0.3 is 42.4 Å². The topological polar surface area (TPSA) is 514 Å². The molecule has 0 bridgehead atoms. The molecule has 6 aromatic heterocycles. The van der Waals surface area contributed by atoms with Gasteiger partial charge in [-0.05, 0) is 114 Å². The van der Waals surface area contributed by atoms with Gasteiger partial charge in [-0.2, -0.15) is 19.3 Å². The minimum Gasteiger partial charge on any atom is -0.491 e. The van der Waals surface area contributed by atoms with Crippen molar-refractivity contribution in [1.29, 1.82) is 10.5 Å². The third-order valence-corrected chi connectivity index (χ3v) is 19.9. The predicted molar refractivity (Wildman–Crippen MR) is 458 cm³/mol. The summed E-state index contributed by atoms with van der Waals surface area (Å²) in [5, 5.41) is 51.9. The molecule has 16 N–H and O–H groups in total. The molecular weight excluding hydrogens is 1970 g/mol. The number of pyridine rings is 5. The van der Waals surface area contributed by atoms with Crippen LogP contribution in [0.4, 0.5) is 82.5 Å². The highest BCUT2D eigenvalue weighted by Crippen LogP contribution is 2.41. The number of nitrogen functional groups attached to an aromatic ring is 6. The van der Waals surface area contributed by atoms with Crippen LogP contribution in [0.1, 0.15) is 90.7 Å². The summed E-state index contributed by atoms with van der Waals surface area (Å²) in [4.78, 5) is 93.9. The van der Waals surface area contributed by atoms with Crippen molar-refractivity contribution in [2.75, 3.05) is 55.7 Å². The van der Waals surface area contributed by atoms with Crippen LogP contribution >= 0.6 is 92.2 Å². The molecule has 0 atom stereocenters. The predicted octanol–water partition coefficient (Wildman–Crippen LogP) is 18.1. The number of aromatic carboxylic acids is 4. The second-order valence-corrected chi connectivity index (χ2v) is 27.9. The van der Waals surface area contributed by atoms with Crippen molar-refractivity contribution in [2.45, 2.75) is 13.5 Å². The summed E-state index contributed by atoms with van der Waals surface area (Å²) in [6, 6.07) is 26.1. The summed E-state index contributed by atoms with van der Waals surface area (Å²) in [5.74, 6) is -13.7. The standard InChI is InChI=1S/C15H11ClFN3O2.C14H8Cl2N2O2.C14H9ClF4N2O3.C14H9F2N3O3.C13H6ClF2N3O2.C12H6ClF2IN2O2/c1-7-12(19)11(16)14(15(21)22-2)20-13(7)8-3-4-9(6-18)10(17)5-8;1-2-7-3-5-8(6-4-7)12-9(15)11(17)10(16)13(18-12)14(19)20;1-23-13(22)12-8(15)10(20)9(17)11(21-12)5-2-3-7(6(16)4-5)24-14(18)19;1-3-6-4-5-7(9(16)8(6)15)13-18-10(14(20)21)11(22-2)12(17)19-13;14-8-10(18)9(16)11(19-12(8)13(20)21)5-1-2-6(4-17)7(15)3-5;13-7-9(17)8(15)10(18-11(7)12(19)20)4-1-2-6(16)5(14)3-4/h3-5H,1-2H3,(H2,19,20);1,3-6H,(H2,17,18)(H,19,20);2-4,14H,1H3,(H2,20,21);1,4-5H,2H3,(H,20,21)(H2,17,18,19);1-3H,(H2,18,19)(H,20,21);1-3H,(H2,17,18)(H,19,20). The Kier molecular flexibility index (Phi) is 34.4. The molecule has 6 heterocycles. The quantitative estimate of drug-likeness (QED) is 0.0197. The van der Waals surface area contributed by atoms with Crippen molar-refractivity contribution < 1.29 is 116 Å². The van der Waals surface area contributed by atoms with Gasteiger partial charge in [0.15, 0.2) is 92.2 Å². The van der Waals surface area contributed by atoms with E-state index in [2.05, 4.69) is 55.0 Å².